The van der Waals surface area contributed by atoms with E-state index in [4.69, 9.17) is 19.4 Å². The molecule has 35 heavy (non-hydrogen) atoms. The van der Waals surface area contributed by atoms with Crippen LogP contribution in [0.2, 0.25) is 0 Å². The van der Waals surface area contributed by atoms with Crippen LogP contribution in [0.3, 0.4) is 0 Å². The van der Waals surface area contributed by atoms with Gasteiger partial charge in [0.15, 0.2) is 17.3 Å². The molecule has 4 aromatic rings. The second-order valence-corrected chi connectivity index (χ2v) is 9.07. The Morgan fingerprint density at radius 3 is 2.63 bits per heavy atom. The normalized spacial score (nSPS) is 11.7. The topological polar surface area (TPSA) is 73.3 Å². The average molecular weight is 484 g/mol. The Bertz CT molecular complexity index is 1380. The third-order valence-corrected chi connectivity index (χ3v) is 6.67. The van der Waals surface area contributed by atoms with Gasteiger partial charge in [-0.2, -0.15) is 4.98 Å². The predicted molar refractivity (Wildman–Crippen MR) is 138 cm³/mol. The van der Waals surface area contributed by atoms with E-state index in [0.29, 0.717) is 36.2 Å². The highest BCUT2D eigenvalue weighted by atomic mass is 32.2. The lowest BCUT2D eigenvalue weighted by molar-refractivity contribution is -0.113. The first kappa shape index (κ1) is 22.9. The van der Waals surface area contributed by atoms with Crippen LogP contribution in [0.1, 0.15) is 23.6 Å². The summed E-state index contributed by atoms with van der Waals surface area (Å²) in [6.07, 6.45) is 0.600. The molecule has 0 bridgehead atoms. The van der Waals surface area contributed by atoms with Crippen molar-refractivity contribution in [1.82, 2.24) is 9.97 Å². The molecule has 1 N–H and O–H groups in total. The van der Waals surface area contributed by atoms with E-state index in [2.05, 4.69) is 5.32 Å². The number of ether oxygens (including phenoxy) is 2. The maximum absolute atomic E-state index is 12.8. The second-order valence-electron chi connectivity index (χ2n) is 8.11. The Morgan fingerprint density at radius 2 is 1.83 bits per heavy atom. The number of nitrogens with one attached hydrogen (secondary N) is 1. The summed E-state index contributed by atoms with van der Waals surface area (Å²) in [7, 11) is 0. The molecular formula is C28H25N3O3S. The standard InChI is InChI=1S/C28H25N3O3S/c1-3-33-23-15-9-13-20-16-21-27(34-25(20)23)30-26(19-11-5-4-6-12-19)31-28(21)35-17-24(32)29-22-14-8-7-10-18(22)2/h4-15H,3,16-17H2,1-2H3,(H,29,32). The molecule has 1 aliphatic rings. The van der Waals surface area contributed by atoms with Crippen molar-refractivity contribution in [2.24, 2.45) is 0 Å². The number of hydrogen-bond donors (Lipinski definition) is 1. The Kier molecular flexibility index (Phi) is 6.68. The zero-order valence-electron chi connectivity index (χ0n) is 19.6. The minimum atomic E-state index is -0.0892. The van der Waals surface area contributed by atoms with Crippen LogP contribution >= 0.6 is 11.8 Å². The maximum atomic E-state index is 12.8. The van der Waals surface area contributed by atoms with Crippen molar-refractivity contribution >= 4 is 23.4 Å². The molecule has 0 saturated carbocycles. The van der Waals surface area contributed by atoms with Crippen LogP contribution in [0.5, 0.6) is 17.4 Å². The number of aryl methyl sites for hydroxylation is 1. The Labute approximate surface area is 208 Å². The molecule has 1 aromatic heterocycles. The fraction of sp³-hybridized carbons (Fsp3) is 0.179. The molecule has 1 aliphatic heterocycles. The molecule has 0 atom stereocenters. The highest BCUT2D eigenvalue weighted by Gasteiger charge is 2.27. The SMILES string of the molecule is CCOc1cccc2c1Oc1nc(-c3ccccc3)nc(SCC(=O)Nc3ccccc3C)c1C2. The molecular weight excluding hydrogens is 458 g/mol. The third kappa shape index (κ3) is 5.00. The van der Waals surface area contributed by atoms with Crippen LogP contribution in [0, 0.1) is 6.92 Å². The summed E-state index contributed by atoms with van der Waals surface area (Å²) in [6, 6.07) is 23.4. The zero-order chi connectivity index (χ0) is 24.2. The Hall–Kier alpha value is -3.84. The van der Waals surface area contributed by atoms with Gasteiger partial charge in [0.1, 0.15) is 5.03 Å². The van der Waals surface area contributed by atoms with Gasteiger partial charge in [0.05, 0.1) is 17.9 Å². The fourth-order valence-corrected chi connectivity index (χ4v) is 4.75. The molecule has 0 spiro atoms. The van der Waals surface area contributed by atoms with E-state index in [1.165, 1.54) is 11.8 Å². The molecule has 6 nitrogen and oxygen atoms in total. The van der Waals surface area contributed by atoms with E-state index in [1.807, 2.05) is 86.6 Å². The molecule has 0 unspecified atom stereocenters. The third-order valence-electron chi connectivity index (χ3n) is 5.65. The van der Waals surface area contributed by atoms with Crippen molar-refractivity contribution in [2.75, 3.05) is 17.7 Å². The first-order valence-corrected chi connectivity index (χ1v) is 12.5. The monoisotopic (exact) mass is 483 g/mol. The van der Waals surface area contributed by atoms with Gasteiger partial charge in [0.25, 0.3) is 0 Å². The molecule has 7 heteroatoms. The number of carbonyl (C=O) groups excluding carboxylic acids is 1. The van der Waals surface area contributed by atoms with E-state index in [-0.39, 0.29) is 11.7 Å². The van der Waals surface area contributed by atoms with Crippen LogP contribution < -0.4 is 14.8 Å². The smallest absolute Gasteiger partial charge is 0.234 e. The first-order chi connectivity index (χ1) is 17.1. The summed E-state index contributed by atoms with van der Waals surface area (Å²) in [4.78, 5) is 22.3. The minimum absolute atomic E-state index is 0.0892. The van der Waals surface area contributed by atoms with Crippen molar-refractivity contribution in [3.8, 4) is 28.8 Å². The van der Waals surface area contributed by atoms with Gasteiger partial charge in [-0.05, 0) is 31.5 Å². The molecule has 1 amide bonds. The summed E-state index contributed by atoms with van der Waals surface area (Å²) < 4.78 is 12.1. The lowest BCUT2D eigenvalue weighted by Crippen LogP contribution is -2.16. The van der Waals surface area contributed by atoms with Crippen LogP contribution in [0.15, 0.2) is 77.8 Å². The number of nitrogens with zero attached hydrogens (tertiary/aromatic N) is 2. The number of carbonyl (C=O) groups is 1. The van der Waals surface area contributed by atoms with Crippen molar-refractivity contribution in [2.45, 2.75) is 25.3 Å². The number of thioether (sulfide) groups is 1. The van der Waals surface area contributed by atoms with E-state index < -0.39 is 0 Å². The van der Waals surface area contributed by atoms with E-state index in [9.17, 15) is 4.79 Å². The number of benzene rings is 3. The van der Waals surface area contributed by atoms with Crippen molar-refractivity contribution in [1.29, 1.82) is 0 Å². The summed E-state index contributed by atoms with van der Waals surface area (Å²) >= 11 is 1.39. The number of aromatic nitrogens is 2. The van der Waals surface area contributed by atoms with Gasteiger partial charge in [-0.25, -0.2) is 4.98 Å². The molecule has 0 saturated heterocycles. The predicted octanol–water partition coefficient (Wildman–Crippen LogP) is 6.28. The summed E-state index contributed by atoms with van der Waals surface area (Å²) in [5, 5.41) is 3.73. The first-order valence-electron chi connectivity index (χ1n) is 11.5. The largest absolute Gasteiger partial charge is 0.490 e. The maximum Gasteiger partial charge on any atom is 0.234 e. The molecule has 0 aliphatic carbocycles. The van der Waals surface area contributed by atoms with Crippen LogP contribution in [-0.4, -0.2) is 28.2 Å². The molecule has 0 radical (unpaired) electrons. The van der Waals surface area contributed by atoms with Crippen LogP contribution in [-0.2, 0) is 11.2 Å². The number of anilines is 1. The van der Waals surface area contributed by atoms with Crippen molar-refractivity contribution in [3.05, 3.63) is 89.5 Å². The van der Waals surface area contributed by atoms with Gasteiger partial charge >= 0.3 is 0 Å². The summed E-state index contributed by atoms with van der Waals surface area (Å²) in [5.41, 5.74) is 4.60. The van der Waals surface area contributed by atoms with E-state index in [0.717, 1.165) is 33.0 Å². The van der Waals surface area contributed by atoms with Crippen molar-refractivity contribution in [3.63, 3.8) is 0 Å². The van der Waals surface area contributed by atoms with E-state index >= 15 is 0 Å². The molecule has 3 aromatic carbocycles. The molecule has 0 fully saturated rings. The molecule has 176 valence electrons. The van der Waals surface area contributed by atoms with E-state index in [1.54, 1.807) is 0 Å². The lowest BCUT2D eigenvalue weighted by atomic mass is 10.0. The van der Waals surface area contributed by atoms with Gasteiger partial charge in [-0.1, -0.05) is 72.4 Å². The fourth-order valence-electron chi connectivity index (χ4n) is 3.92. The minimum Gasteiger partial charge on any atom is -0.490 e. The average Bonchev–Trinajstić information content (AvgIpc) is 2.88. The number of rotatable bonds is 7. The zero-order valence-corrected chi connectivity index (χ0v) is 20.4. The number of hydrogen-bond acceptors (Lipinski definition) is 6. The summed E-state index contributed by atoms with van der Waals surface area (Å²) in [6.45, 7) is 4.46. The second kappa shape index (κ2) is 10.2. The van der Waals surface area contributed by atoms with Gasteiger partial charge in [-0.15, -0.1) is 0 Å². The Balaban J connectivity index is 1.46. The highest BCUT2D eigenvalue weighted by Crippen LogP contribution is 2.44. The summed E-state index contributed by atoms with van der Waals surface area (Å²) in [5.74, 6) is 2.57. The molecule has 2 heterocycles. The number of para-hydroxylation sites is 2. The number of amides is 1. The van der Waals surface area contributed by atoms with Crippen LogP contribution in [0.4, 0.5) is 5.69 Å². The lowest BCUT2D eigenvalue weighted by Gasteiger charge is -2.23. The van der Waals surface area contributed by atoms with Gasteiger partial charge < -0.3 is 14.8 Å². The van der Waals surface area contributed by atoms with Crippen molar-refractivity contribution < 1.29 is 14.3 Å². The van der Waals surface area contributed by atoms with Gasteiger partial charge in [0.2, 0.25) is 11.8 Å². The van der Waals surface area contributed by atoms with Crippen LogP contribution in [0.25, 0.3) is 11.4 Å². The number of fused-ring (bicyclic) bond motifs is 2. The highest BCUT2D eigenvalue weighted by molar-refractivity contribution is 8.00. The van der Waals surface area contributed by atoms with Gasteiger partial charge in [0, 0.05) is 23.2 Å². The Morgan fingerprint density at radius 1 is 1.03 bits per heavy atom. The quantitative estimate of drug-likeness (QED) is 0.217. The van der Waals surface area contributed by atoms with Gasteiger partial charge in [-0.3, -0.25) is 4.79 Å². The molecule has 5 rings (SSSR count).